The molecule has 0 aliphatic heterocycles. The van der Waals surface area contributed by atoms with Gasteiger partial charge in [-0.25, -0.2) is 0 Å². The average molecular weight is 315 g/mol. The van der Waals surface area contributed by atoms with Gasteiger partial charge in [-0.3, -0.25) is 0 Å². The van der Waals surface area contributed by atoms with Gasteiger partial charge in [0.2, 0.25) is 0 Å². The highest BCUT2D eigenvalue weighted by molar-refractivity contribution is 7.71. The van der Waals surface area contributed by atoms with E-state index in [1.807, 2.05) is 12.1 Å². The first-order valence-electron chi connectivity index (χ1n) is 6.61. The van der Waals surface area contributed by atoms with Crippen molar-refractivity contribution in [3.05, 3.63) is 26.9 Å². The lowest BCUT2D eigenvalue weighted by Crippen LogP contribution is -2.32. The number of rotatable bonds is 1. The lowest BCUT2D eigenvalue weighted by atomic mass is 9.83. The van der Waals surface area contributed by atoms with E-state index in [0.29, 0.717) is 10.0 Å². The van der Waals surface area contributed by atoms with Crippen LogP contribution in [0.25, 0.3) is 11.0 Å². The molecule has 1 fully saturated rings. The molecule has 3 rings (SSSR count). The molecule has 0 radical (unpaired) electrons. The zero-order valence-electron chi connectivity index (χ0n) is 10.8. The monoisotopic (exact) mass is 314 g/mol. The van der Waals surface area contributed by atoms with Crippen molar-refractivity contribution in [1.82, 2.24) is 9.55 Å². The largest absolute Gasteiger partial charge is 0.331 e. The van der Waals surface area contributed by atoms with Crippen molar-refractivity contribution in [1.29, 1.82) is 0 Å². The normalized spacial score (nSPS) is 18.9. The van der Waals surface area contributed by atoms with Gasteiger partial charge in [0.1, 0.15) is 0 Å². The molecule has 1 aliphatic rings. The molecule has 1 aromatic carbocycles. The summed E-state index contributed by atoms with van der Waals surface area (Å²) >= 11 is 17.7. The molecule has 102 valence electrons. The SMILES string of the molecule is CC1(n2c(=S)[nH]c3cc(Cl)c(Cl)cc32)CCCCC1. The van der Waals surface area contributed by atoms with E-state index in [2.05, 4.69) is 16.5 Å². The summed E-state index contributed by atoms with van der Waals surface area (Å²) in [5.74, 6) is 0. The van der Waals surface area contributed by atoms with Crippen LogP contribution >= 0.6 is 35.4 Å². The Bertz CT molecular complexity index is 681. The van der Waals surface area contributed by atoms with Gasteiger partial charge in [-0.15, -0.1) is 0 Å². The lowest BCUT2D eigenvalue weighted by Gasteiger charge is -2.35. The number of nitrogens with one attached hydrogen (secondary N) is 1. The van der Waals surface area contributed by atoms with Crippen LogP contribution in [-0.4, -0.2) is 9.55 Å². The molecule has 0 unspecified atom stereocenters. The first-order chi connectivity index (χ1) is 9.01. The fourth-order valence-corrected chi connectivity index (χ4v) is 3.93. The highest BCUT2D eigenvalue weighted by Crippen LogP contribution is 2.38. The molecule has 5 heteroatoms. The van der Waals surface area contributed by atoms with Crippen LogP contribution < -0.4 is 0 Å². The van der Waals surface area contributed by atoms with Crippen molar-refractivity contribution in [2.75, 3.05) is 0 Å². The first-order valence-corrected chi connectivity index (χ1v) is 7.78. The number of fused-ring (bicyclic) bond motifs is 1. The van der Waals surface area contributed by atoms with Crippen LogP contribution in [0.3, 0.4) is 0 Å². The van der Waals surface area contributed by atoms with E-state index in [-0.39, 0.29) is 5.54 Å². The Morgan fingerprint density at radius 3 is 2.47 bits per heavy atom. The van der Waals surface area contributed by atoms with Gasteiger partial charge in [-0.05, 0) is 44.1 Å². The quantitative estimate of drug-likeness (QED) is 0.671. The Morgan fingerprint density at radius 2 is 1.79 bits per heavy atom. The van der Waals surface area contributed by atoms with Crippen LogP contribution in [0.4, 0.5) is 0 Å². The number of hydrogen-bond donors (Lipinski definition) is 1. The van der Waals surface area contributed by atoms with Crippen molar-refractivity contribution in [3.8, 4) is 0 Å². The second-order valence-electron chi connectivity index (χ2n) is 5.61. The minimum absolute atomic E-state index is 0.0880. The molecule has 0 bridgehead atoms. The van der Waals surface area contributed by atoms with Gasteiger partial charge in [-0.2, -0.15) is 0 Å². The molecule has 1 aliphatic carbocycles. The van der Waals surface area contributed by atoms with Gasteiger partial charge in [0.15, 0.2) is 4.77 Å². The molecule has 1 heterocycles. The zero-order valence-corrected chi connectivity index (χ0v) is 13.1. The number of halogens is 2. The van der Waals surface area contributed by atoms with E-state index in [4.69, 9.17) is 35.4 Å². The number of aromatic amines is 1. The Morgan fingerprint density at radius 1 is 1.16 bits per heavy atom. The molecular formula is C14H16Cl2N2S. The molecule has 1 aromatic heterocycles. The van der Waals surface area contributed by atoms with Crippen LogP contribution in [-0.2, 0) is 5.54 Å². The van der Waals surface area contributed by atoms with Crippen molar-refractivity contribution in [2.45, 2.75) is 44.6 Å². The van der Waals surface area contributed by atoms with Crippen molar-refractivity contribution < 1.29 is 0 Å². The third-order valence-electron chi connectivity index (χ3n) is 4.19. The van der Waals surface area contributed by atoms with Crippen LogP contribution in [0.2, 0.25) is 10.0 Å². The fourth-order valence-electron chi connectivity index (χ4n) is 3.17. The number of nitrogens with zero attached hydrogens (tertiary/aromatic N) is 1. The zero-order chi connectivity index (χ0) is 13.6. The van der Waals surface area contributed by atoms with E-state index >= 15 is 0 Å². The minimum Gasteiger partial charge on any atom is -0.331 e. The van der Waals surface area contributed by atoms with Gasteiger partial charge in [0.25, 0.3) is 0 Å². The highest BCUT2D eigenvalue weighted by Gasteiger charge is 2.30. The molecule has 0 spiro atoms. The summed E-state index contributed by atoms with van der Waals surface area (Å²) in [6, 6.07) is 3.78. The Balaban J connectivity index is 2.25. The lowest BCUT2D eigenvalue weighted by molar-refractivity contribution is 0.222. The van der Waals surface area contributed by atoms with Gasteiger partial charge in [0.05, 0.1) is 21.1 Å². The van der Waals surface area contributed by atoms with Gasteiger partial charge in [-0.1, -0.05) is 42.5 Å². The molecule has 1 N–H and O–H groups in total. The number of benzene rings is 1. The maximum atomic E-state index is 6.16. The number of imidazole rings is 1. The van der Waals surface area contributed by atoms with Crippen LogP contribution in [0.15, 0.2) is 12.1 Å². The molecule has 2 aromatic rings. The highest BCUT2D eigenvalue weighted by atomic mass is 35.5. The smallest absolute Gasteiger partial charge is 0.178 e. The third kappa shape index (κ3) is 2.22. The molecule has 0 saturated heterocycles. The topological polar surface area (TPSA) is 20.7 Å². The number of aromatic nitrogens is 2. The van der Waals surface area contributed by atoms with Gasteiger partial charge in [0, 0.05) is 5.54 Å². The number of hydrogen-bond acceptors (Lipinski definition) is 1. The van der Waals surface area contributed by atoms with Gasteiger partial charge < -0.3 is 9.55 Å². The Hall–Kier alpha value is -0.510. The van der Waals surface area contributed by atoms with Crippen LogP contribution in [0, 0.1) is 4.77 Å². The van der Waals surface area contributed by atoms with Crippen LogP contribution in [0.1, 0.15) is 39.0 Å². The predicted molar refractivity (Wildman–Crippen MR) is 83.9 cm³/mol. The first kappa shape index (κ1) is 13.5. The van der Waals surface area contributed by atoms with Crippen LogP contribution in [0.5, 0.6) is 0 Å². The number of H-pyrrole nitrogens is 1. The van der Waals surface area contributed by atoms with E-state index in [0.717, 1.165) is 28.6 Å². The Kier molecular flexibility index (Phi) is 3.40. The van der Waals surface area contributed by atoms with E-state index in [1.165, 1.54) is 19.3 Å². The van der Waals surface area contributed by atoms with E-state index < -0.39 is 0 Å². The average Bonchev–Trinajstić information content (AvgIpc) is 2.67. The summed E-state index contributed by atoms with van der Waals surface area (Å²) in [4.78, 5) is 3.25. The fraction of sp³-hybridized carbons (Fsp3) is 0.500. The Labute approximate surface area is 127 Å². The second kappa shape index (κ2) is 4.80. The molecule has 19 heavy (non-hydrogen) atoms. The van der Waals surface area contributed by atoms with E-state index in [1.54, 1.807) is 0 Å². The molecule has 1 saturated carbocycles. The second-order valence-corrected chi connectivity index (χ2v) is 6.81. The summed E-state index contributed by atoms with van der Waals surface area (Å²) in [6.45, 7) is 2.29. The standard InChI is InChI=1S/C14H16Cl2N2S/c1-14(5-3-2-4-6-14)18-12-8-10(16)9(15)7-11(12)17-13(18)19/h7-8H,2-6H2,1H3,(H,17,19). The summed E-state index contributed by atoms with van der Waals surface area (Å²) in [5, 5.41) is 1.14. The molecular weight excluding hydrogens is 299 g/mol. The summed E-state index contributed by atoms with van der Waals surface area (Å²) < 4.78 is 3.00. The van der Waals surface area contributed by atoms with Gasteiger partial charge >= 0.3 is 0 Å². The van der Waals surface area contributed by atoms with Crippen molar-refractivity contribution in [3.63, 3.8) is 0 Å². The van der Waals surface area contributed by atoms with Crippen molar-refractivity contribution in [2.24, 2.45) is 0 Å². The molecule has 0 atom stereocenters. The maximum Gasteiger partial charge on any atom is 0.178 e. The predicted octanol–water partition coefficient (Wildman–Crippen LogP) is 5.68. The third-order valence-corrected chi connectivity index (χ3v) is 5.20. The maximum absolute atomic E-state index is 6.16. The molecule has 2 nitrogen and oxygen atoms in total. The van der Waals surface area contributed by atoms with E-state index in [9.17, 15) is 0 Å². The summed E-state index contributed by atoms with van der Waals surface area (Å²) in [6.07, 6.45) is 6.15. The minimum atomic E-state index is 0.0880. The summed E-state index contributed by atoms with van der Waals surface area (Å²) in [7, 11) is 0. The molecule has 0 amide bonds. The summed E-state index contributed by atoms with van der Waals surface area (Å²) in [5.41, 5.74) is 2.11. The van der Waals surface area contributed by atoms with Crippen molar-refractivity contribution >= 4 is 46.5 Å².